The summed E-state index contributed by atoms with van der Waals surface area (Å²) in [5.74, 6) is 2.43. The first-order valence-corrected chi connectivity index (χ1v) is 13.9. The van der Waals surface area contributed by atoms with E-state index in [1.807, 2.05) is 18.2 Å². The van der Waals surface area contributed by atoms with Gasteiger partial charge in [0.25, 0.3) is 0 Å². The molecule has 3 aromatic rings. The number of benzene rings is 2. The summed E-state index contributed by atoms with van der Waals surface area (Å²) in [7, 11) is 0. The van der Waals surface area contributed by atoms with Crippen molar-refractivity contribution in [3.8, 4) is 11.5 Å². The maximum Gasteiger partial charge on any atom is 0.132 e. The van der Waals surface area contributed by atoms with E-state index in [4.69, 9.17) is 21.1 Å². The van der Waals surface area contributed by atoms with Gasteiger partial charge < -0.3 is 19.7 Å². The second-order valence-electron chi connectivity index (χ2n) is 9.00. The number of rotatable bonds is 12. The zero-order chi connectivity index (χ0) is 25.6. The van der Waals surface area contributed by atoms with Gasteiger partial charge in [0.1, 0.15) is 33.6 Å². The predicted molar refractivity (Wildman–Crippen MR) is 153 cm³/mol. The van der Waals surface area contributed by atoms with E-state index in [2.05, 4.69) is 101 Å². The Morgan fingerprint density at radius 1 is 1.06 bits per heavy atom. The Labute approximate surface area is 238 Å². The van der Waals surface area contributed by atoms with Gasteiger partial charge in [0.2, 0.25) is 0 Å². The van der Waals surface area contributed by atoms with E-state index < -0.39 is 6.10 Å². The molecule has 0 radical (unpaired) electrons. The van der Waals surface area contributed by atoms with Gasteiger partial charge in [0.15, 0.2) is 0 Å². The van der Waals surface area contributed by atoms with Gasteiger partial charge >= 0.3 is 0 Å². The highest BCUT2D eigenvalue weighted by molar-refractivity contribution is 14.1. The van der Waals surface area contributed by atoms with E-state index in [1.54, 1.807) is 4.68 Å². The van der Waals surface area contributed by atoms with Crippen LogP contribution >= 0.6 is 56.8 Å². The molecule has 2 atom stereocenters. The van der Waals surface area contributed by atoms with E-state index in [9.17, 15) is 10.2 Å². The molecular formula is C25H30ClI2N3O4. The van der Waals surface area contributed by atoms with Crippen LogP contribution in [0.15, 0.2) is 42.5 Å². The van der Waals surface area contributed by atoms with Gasteiger partial charge in [-0.05, 0) is 80.6 Å². The maximum atomic E-state index is 10.3. The molecule has 0 amide bonds. The lowest BCUT2D eigenvalue weighted by Gasteiger charge is -2.27. The van der Waals surface area contributed by atoms with Crippen LogP contribution in [0.25, 0.3) is 0 Å². The van der Waals surface area contributed by atoms with Crippen LogP contribution in [0.5, 0.6) is 11.5 Å². The SMILES string of the molecule is CC(CCl)COc1ccc(C(C)(C)c2ccc(OCC(O)Cn3nnc(CO)c3I)cc2)cc1I. The van der Waals surface area contributed by atoms with Crippen LogP contribution in [-0.2, 0) is 18.6 Å². The zero-order valence-corrected chi connectivity index (χ0v) is 25.0. The molecule has 7 nitrogen and oxygen atoms in total. The van der Waals surface area contributed by atoms with Crippen LogP contribution in [0.2, 0.25) is 0 Å². The van der Waals surface area contributed by atoms with Crippen LogP contribution < -0.4 is 9.47 Å². The molecule has 1 aromatic heterocycles. The first-order chi connectivity index (χ1) is 16.6. The molecule has 2 aromatic carbocycles. The van der Waals surface area contributed by atoms with E-state index in [0.717, 1.165) is 14.9 Å². The highest BCUT2D eigenvalue weighted by Gasteiger charge is 2.24. The number of ether oxygens (including phenoxy) is 2. The van der Waals surface area contributed by atoms with Crippen molar-refractivity contribution < 1.29 is 19.7 Å². The molecule has 35 heavy (non-hydrogen) atoms. The number of alkyl halides is 1. The largest absolute Gasteiger partial charge is 0.492 e. The van der Waals surface area contributed by atoms with Crippen LogP contribution in [0.4, 0.5) is 0 Å². The summed E-state index contributed by atoms with van der Waals surface area (Å²) in [6.45, 7) is 7.22. The van der Waals surface area contributed by atoms with Crippen molar-refractivity contribution in [1.29, 1.82) is 0 Å². The average Bonchev–Trinajstić information content (AvgIpc) is 3.20. The summed E-state index contributed by atoms with van der Waals surface area (Å²) in [5.41, 5.74) is 2.62. The topological polar surface area (TPSA) is 89.6 Å². The third kappa shape index (κ3) is 7.43. The summed E-state index contributed by atoms with van der Waals surface area (Å²) in [6, 6.07) is 14.2. The maximum absolute atomic E-state index is 10.3. The molecule has 0 spiro atoms. The molecule has 1 heterocycles. The molecule has 0 aliphatic carbocycles. The summed E-state index contributed by atoms with van der Waals surface area (Å²) in [5, 5.41) is 27.4. The third-order valence-corrected chi connectivity index (χ3v) is 8.28. The van der Waals surface area contributed by atoms with Crippen LogP contribution in [-0.4, -0.2) is 50.4 Å². The average molecular weight is 726 g/mol. The van der Waals surface area contributed by atoms with Crippen LogP contribution in [0, 0.1) is 13.2 Å². The van der Waals surface area contributed by atoms with Gasteiger partial charge in [-0.15, -0.1) is 16.7 Å². The van der Waals surface area contributed by atoms with Gasteiger partial charge in [-0.1, -0.05) is 44.2 Å². The monoisotopic (exact) mass is 725 g/mol. The molecule has 3 rings (SSSR count). The van der Waals surface area contributed by atoms with Gasteiger partial charge in [0.05, 0.1) is 23.3 Å². The van der Waals surface area contributed by atoms with E-state index in [1.165, 1.54) is 5.56 Å². The first-order valence-electron chi connectivity index (χ1n) is 11.2. The normalized spacial score (nSPS) is 13.5. The molecule has 2 unspecified atom stereocenters. The third-order valence-electron chi connectivity index (χ3n) is 5.73. The number of aliphatic hydroxyl groups excluding tert-OH is 2. The first kappa shape index (κ1) is 28.4. The standard InChI is InChI=1S/C25H30ClI2N3O4/c1-16(11-26)14-35-23-9-6-18(10-21(23)27)25(2,3)17-4-7-20(8-5-17)34-15-19(33)12-31-24(28)22(13-32)29-30-31/h4-10,16,19,32-33H,11-15H2,1-3H3. The van der Waals surface area contributed by atoms with Gasteiger partial charge in [-0.2, -0.15) is 0 Å². The number of hydrogen-bond acceptors (Lipinski definition) is 6. The molecule has 0 aliphatic rings. The van der Waals surface area contributed by atoms with Crippen molar-refractivity contribution in [2.45, 2.75) is 45.4 Å². The summed E-state index contributed by atoms with van der Waals surface area (Å²) in [4.78, 5) is 0. The smallest absolute Gasteiger partial charge is 0.132 e. The van der Waals surface area contributed by atoms with Crippen molar-refractivity contribution in [2.24, 2.45) is 5.92 Å². The number of aromatic nitrogens is 3. The fraction of sp³-hybridized carbons (Fsp3) is 0.440. The minimum absolute atomic E-state index is 0.120. The highest BCUT2D eigenvalue weighted by atomic mass is 127. The quantitative estimate of drug-likeness (QED) is 0.202. The van der Waals surface area contributed by atoms with Crippen molar-refractivity contribution in [3.63, 3.8) is 0 Å². The Morgan fingerprint density at radius 2 is 1.74 bits per heavy atom. The zero-order valence-electron chi connectivity index (χ0n) is 19.9. The van der Waals surface area contributed by atoms with E-state index >= 15 is 0 Å². The number of hydrogen-bond donors (Lipinski definition) is 2. The van der Waals surface area contributed by atoms with Gasteiger partial charge in [0, 0.05) is 17.2 Å². The Hall–Kier alpha value is -1.15. The van der Waals surface area contributed by atoms with Crippen molar-refractivity contribution in [3.05, 3.63) is 66.6 Å². The van der Waals surface area contributed by atoms with Gasteiger partial charge in [-0.25, -0.2) is 4.68 Å². The Kier molecular flexibility index (Phi) is 10.5. The molecular weight excluding hydrogens is 696 g/mol. The predicted octanol–water partition coefficient (Wildman–Crippen LogP) is 5.00. The molecule has 0 fully saturated rings. The molecule has 10 heteroatoms. The molecule has 2 N–H and O–H groups in total. The van der Waals surface area contributed by atoms with Crippen molar-refractivity contribution >= 4 is 56.8 Å². The summed E-state index contributed by atoms with van der Waals surface area (Å²) < 4.78 is 15.0. The van der Waals surface area contributed by atoms with Crippen molar-refractivity contribution in [1.82, 2.24) is 15.0 Å². The molecule has 0 saturated heterocycles. The lowest BCUT2D eigenvalue weighted by molar-refractivity contribution is 0.0881. The fourth-order valence-electron chi connectivity index (χ4n) is 3.41. The van der Waals surface area contributed by atoms with Crippen molar-refractivity contribution in [2.75, 3.05) is 19.1 Å². The lowest BCUT2D eigenvalue weighted by atomic mass is 9.78. The number of nitrogens with zero attached hydrogens (tertiary/aromatic N) is 3. The molecule has 190 valence electrons. The van der Waals surface area contributed by atoms with E-state index in [-0.39, 0.29) is 25.2 Å². The fourth-order valence-corrected chi connectivity index (χ4v) is 4.75. The van der Waals surface area contributed by atoms with E-state index in [0.29, 0.717) is 33.5 Å². The second-order valence-corrected chi connectivity index (χ2v) is 11.5. The number of halogens is 3. The van der Waals surface area contributed by atoms with Crippen LogP contribution in [0.3, 0.4) is 0 Å². The molecule has 0 aliphatic heterocycles. The second kappa shape index (κ2) is 12.9. The lowest BCUT2D eigenvalue weighted by Crippen LogP contribution is -2.25. The minimum atomic E-state index is -0.761. The Balaban J connectivity index is 1.60. The van der Waals surface area contributed by atoms with Gasteiger partial charge in [-0.3, -0.25) is 0 Å². The highest BCUT2D eigenvalue weighted by Crippen LogP contribution is 2.35. The van der Waals surface area contributed by atoms with Crippen LogP contribution in [0.1, 0.15) is 37.6 Å². The Bertz CT molecular complexity index is 1110. The summed E-state index contributed by atoms with van der Waals surface area (Å²) in [6.07, 6.45) is -0.761. The summed E-state index contributed by atoms with van der Waals surface area (Å²) >= 11 is 10.3. The minimum Gasteiger partial charge on any atom is -0.492 e. The molecule has 0 saturated carbocycles. The number of aliphatic hydroxyl groups is 2. The molecule has 0 bridgehead atoms. The Morgan fingerprint density at radius 3 is 2.34 bits per heavy atom.